The van der Waals surface area contributed by atoms with Crippen LogP contribution in [0, 0.1) is 13.8 Å². The van der Waals surface area contributed by atoms with Gasteiger partial charge in [-0.05, 0) is 31.5 Å². The van der Waals surface area contributed by atoms with Crippen LogP contribution < -0.4 is 10.1 Å². The number of methoxy groups -OCH3 is 1. The smallest absolute Gasteiger partial charge is 0.255 e. The summed E-state index contributed by atoms with van der Waals surface area (Å²) in [5.74, 6) is 1.90. The van der Waals surface area contributed by atoms with Gasteiger partial charge in [-0.3, -0.25) is 0 Å². The molecular formula is C14H14ClN5O. The lowest BCUT2D eigenvalue weighted by Crippen LogP contribution is -2.06. The number of nitrogens with one attached hydrogen (secondary N) is 1. The molecule has 0 spiro atoms. The maximum Gasteiger partial charge on any atom is 0.255 e. The van der Waals surface area contributed by atoms with E-state index in [1.54, 1.807) is 11.6 Å². The molecule has 0 aliphatic rings. The molecular weight excluding hydrogens is 290 g/mol. The Kier molecular flexibility index (Phi) is 3.39. The van der Waals surface area contributed by atoms with Gasteiger partial charge in [0.1, 0.15) is 23.0 Å². The maximum atomic E-state index is 6.16. The van der Waals surface area contributed by atoms with Crippen molar-refractivity contribution in [3.8, 4) is 5.75 Å². The highest BCUT2D eigenvalue weighted by Gasteiger charge is 2.14. The first kappa shape index (κ1) is 13.6. The Morgan fingerprint density at radius 2 is 2.10 bits per heavy atom. The highest BCUT2D eigenvalue weighted by Crippen LogP contribution is 2.31. The van der Waals surface area contributed by atoms with Gasteiger partial charge in [0.25, 0.3) is 5.78 Å². The fourth-order valence-corrected chi connectivity index (χ4v) is 2.26. The van der Waals surface area contributed by atoms with Crippen LogP contribution in [0.25, 0.3) is 5.78 Å². The monoisotopic (exact) mass is 303 g/mol. The van der Waals surface area contributed by atoms with E-state index in [2.05, 4.69) is 20.4 Å². The molecule has 0 saturated heterocycles. The quantitative estimate of drug-likeness (QED) is 0.753. The van der Waals surface area contributed by atoms with E-state index in [1.807, 2.05) is 32.0 Å². The number of aromatic nitrogens is 4. The number of nitrogens with zero attached hydrogens (tertiary/aromatic N) is 4. The van der Waals surface area contributed by atoms with Crippen molar-refractivity contribution >= 4 is 28.9 Å². The lowest BCUT2D eigenvalue weighted by molar-refractivity contribution is 0.416. The van der Waals surface area contributed by atoms with Crippen LogP contribution in [0.4, 0.5) is 11.5 Å². The van der Waals surface area contributed by atoms with E-state index in [4.69, 9.17) is 16.3 Å². The zero-order chi connectivity index (χ0) is 15.0. The molecule has 0 amide bonds. The third-order valence-electron chi connectivity index (χ3n) is 3.21. The first-order valence-corrected chi connectivity index (χ1v) is 6.75. The summed E-state index contributed by atoms with van der Waals surface area (Å²) in [6, 6.07) is 5.89. The van der Waals surface area contributed by atoms with Crippen LogP contribution >= 0.6 is 11.6 Å². The molecule has 21 heavy (non-hydrogen) atoms. The molecule has 0 unspecified atom stereocenters. The molecule has 3 aromatic rings. The van der Waals surface area contributed by atoms with Crippen molar-refractivity contribution in [1.82, 2.24) is 19.6 Å². The molecule has 0 saturated carbocycles. The average Bonchev–Trinajstić information content (AvgIpc) is 2.92. The minimum absolute atomic E-state index is 0.393. The van der Waals surface area contributed by atoms with E-state index < -0.39 is 0 Å². The van der Waals surface area contributed by atoms with Crippen molar-refractivity contribution in [3.05, 3.63) is 40.8 Å². The van der Waals surface area contributed by atoms with Crippen molar-refractivity contribution in [2.75, 3.05) is 12.4 Å². The summed E-state index contributed by atoms with van der Waals surface area (Å²) in [5.41, 5.74) is 2.74. The van der Waals surface area contributed by atoms with Gasteiger partial charge in [0, 0.05) is 5.56 Å². The van der Waals surface area contributed by atoms with Gasteiger partial charge in [0.05, 0.1) is 12.8 Å². The van der Waals surface area contributed by atoms with Crippen molar-refractivity contribution in [2.45, 2.75) is 13.8 Å². The largest absolute Gasteiger partial charge is 0.495 e. The van der Waals surface area contributed by atoms with Crippen molar-refractivity contribution in [3.63, 3.8) is 0 Å². The lowest BCUT2D eigenvalue weighted by Gasteiger charge is -2.15. The summed E-state index contributed by atoms with van der Waals surface area (Å²) in [5, 5.41) is 7.88. The van der Waals surface area contributed by atoms with Crippen LogP contribution in [0.5, 0.6) is 5.75 Å². The number of benzene rings is 1. The average molecular weight is 304 g/mol. The van der Waals surface area contributed by atoms with Crippen LogP contribution in [0.2, 0.25) is 5.15 Å². The van der Waals surface area contributed by atoms with Gasteiger partial charge in [-0.1, -0.05) is 17.7 Å². The number of halogens is 1. The number of hydrogen-bond donors (Lipinski definition) is 1. The van der Waals surface area contributed by atoms with E-state index in [1.165, 1.54) is 6.33 Å². The number of anilines is 2. The topological polar surface area (TPSA) is 64.3 Å². The van der Waals surface area contributed by atoms with Gasteiger partial charge in [0.15, 0.2) is 0 Å². The van der Waals surface area contributed by atoms with Crippen LogP contribution in [0.15, 0.2) is 24.5 Å². The molecule has 1 aromatic carbocycles. The molecule has 0 aliphatic carbocycles. The molecule has 7 heteroatoms. The van der Waals surface area contributed by atoms with Crippen molar-refractivity contribution < 1.29 is 4.74 Å². The van der Waals surface area contributed by atoms with Crippen LogP contribution in [0.1, 0.15) is 11.1 Å². The SMILES string of the molecule is COc1ccc(C)cc1Nc1c(C)c(Cl)nc2ncnn12. The summed E-state index contributed by atoms with van der Waals surface area (Å²) in [6.45, 7) is 3.89. The normalized spacial score (nSPS) is 10.9. The van der Waals surface area contributed by atoms with E-state index in [0.29, 0.717) is 16.7 Å². The molecule has 0 atom stereocenters. The second kappa shape index (κ2) is 5.21. The Bertz CT molecular complexity index is 814. The summed E-state index contributed by atoms with van der Waals surface area (Å²) in [4.78, 5) is 8.25. The number of aryl methyl sites for hydroxylation is 1. The molecule has 0 radical (unpaired) electrons. The molecule has 108 valence electrons. The van der Waals surface area contributed by atoms with E-state index in [0.717, 1.165) is 22.6 Å². The molecule has 2 aromatic heterocycles. The third-order valence-corrected chi connectivity index (χ3v) is 3.58. The molecule has 1 N–H and O–H groups in total. The Morgan fingerprint density at radius 1 is 1.29 bits per heavy atom. The van der Waals surface area contributed by atoms with Gasteiger partial charge in [0.2, 0.25) is 0 Å². The second-order valence-electron chi connectivity index (χ2n) is 4.68. The van der Waals surface area contributed by atoms with Gasteiger partial charge < -0.3 is 10.1 Å². The van der Waals surface area contributed by atoms with Gasteiger partial charge >= 0.3 is 0 Å². The standard InChI is InChI=1S/C14H14ClN5O/c1-8-4-5-11(21-3)10(6-8)18-13-9(2)12(15)19-14-16-7-17-20(13)14/h4-7,18H,1-3H3. The predicted molar refractivity (Wildman–Crippen MR) is 81.5 cm³/mol. The lowest BCUT2D eigenvalue weighted by atomic mass is 10.2. The first-order valence-electron chi connectivity index (χ1n) is 6.37. The van der Waals surface area contributed by atoms with Crippen molar-refractivity contribution in [1.29, 1.82) is 0 Å². The molecule has 2 heterocycles. The summed E-state index contributed by atoms with van der Waals surface area (Å²) in [7, 11) is 1.63. The second-order valence-corrected chi connectivity index (χ2v) is 5.03. The number of fused-ring (bicyclic) bond motifs is 1. The molecule has 0 aliphatic heterocycles. The number of rotatable bonds is 3. The summed E-state index contributed by atoms with van der Waals surface area (Å²) >= 11 is 6.16. The molecule has 3 rings (SSSR count). The summed E-state index contributed by atoms with van der Waals surface area (Å²) in [6.07, 6.45) is 1.44. The zero-order valence-corrected chi connectivity index (χ0v) is 12.6. The zero-order valence-electron chi connectivity index (χ0n) is 11.9. The molecule has 0 bridgehead atoms. The maximum absolute atomic E-state index is 6.16. The predicted octanol–water partition coefficient (Wildman–Crippen LogP) is 3.15. The van der Waals surface area contributed by atoms with Gasteiger partial charge in [-0.25, -0.2) is 0 Å². The fraction of sp³-hybridized carbons (Fsp3) is 0.214. The molecule has 0 fully saturated rings. The molecule has 6 nitrogen and oxygen atoms in total. The number of hydrogen-bond acceptors (Lipinski definition) is 5. The van der Waals surface area contributed by atoms with Crippen LogP contribution in [-0.2, 0) is 0 Å². The third kappa shape index (κ3) is 2.38. The van der Waals surface area contributed by atoms with E-state index in [9.17, 15) is 0 Å². The Balaban J connectivity index is 2.16. The number of ether oxygens (including phenoxy) is 1. The van der Waals surface area contributed by atoms with Gasteiger partial charge in [-0.15, -0.1) is 0 Å². The highest BCUT2D eigenvalue weighted by molar-refractivity contribution is 6.30. The van der Waals surface area contributed by atoms with Crippen LogP contribution in [-0.4, -0.2) is 26.7 Å². The van der Waals surface area contributed by atoms with E-state index in [-0.39, 0.29) is 0 Å². The highest BCUT2D eigenvalue weighted by atomic mass is 35.5. The summed E-state index contributed by atoms with van der Waals surface area (Å²) < 4.78 is 6.99. The Hall–Kier alpha value is -2.34. The van der Waals surface area contributed by atoms with Gasteiger partial charge in [-0.2, -0.15) is 19.6 Å². The fourth-order valence-electron chi connectivity index (χ4n) is 2.09. The van der Waals surface area contributed by atoms with Crippen LogP contribution in [0.3, 0.4) is 0 Å². The Morgan fingerprint density at radius 3 is 2.86 bits per heavy atom. The first-order chi connectivity index (χ1) is 10.1. The minimum atomic E-state index is 0.393. The van der Waals surface area contributed by atoms with E-state index >= 15 is 0 Å². The Labute approximate surface area is 126 Å². The minimum Gasteiger partial charge on any atom is -0.495 e. The van der Waals surface area contributed by atoms with Crippen molar-refractivity contribution in [2.24, 2.45) is 0 Å².